The zero-order valence-corrected chi connectivity index (χ0v) is 14.2. The molecule has 118 valence electrons. The normalized spacial score (nSPS) is 19.3. The van der Waals surface area contributed by atoms with Crippen molar-refractivity contribution >= 4 is 10.0 Å². The molecule has 1 aliphatic heterocycles. The first-order chi connectivity index (χ1) is 9.71. The molecule has 1 aliphatic rings. The third-order valence-electron chi connectivity index (χ3n) is 3.89. The molecule has 21 heavy (non-hydrogen) atoms. The van der Waals surface area contributed by atoms with E-state index in [1.807, 2.05) is 12.1 Å². The predicted molar refractivity (Wildman–Crippen MR) is 85.6 cm³/mol. The molecule has 1 aromatic rings. The Morgan fingerprint density at radius 3 is 2.62 bits per heavy atom. The third-order valence-corrected chi connectivity index (χ3v) is 5.73. The van der Waals surface area contributed by atoms with Crippen LogP contribution in [0.2, 0.25) is 0 Å². The Kier molecular flexibility index (Phi) is 4.76. The van der Waals surface area contributed by atoms with Crippen LogP contribution in [0.4, 0.5) is 0 Å². The summed E-state index contributed by atoms with van der Waals surface area (Å²) in [5.74, 6) is 0. The molecule has 1 aromatic carbocycles. The van der Waals surface area contributed by atoms with Crippen LogP contribution in [0.3, 0.4) is 0 Å². The number of nitrogens with one attached hydrogen (secondary N) is 1. The summed E-state index contributed by atoms with van der Waals surface area (Å²) in [5.41, 5.74) is 1.08. The van der Waals surface area contributed by atoms with E-state index in [1.165, 1.54) is 0 Å². The van der Waals surface area contributed by atoms with Crippen molar-refractivity contribution in [1.82, 2.24) is 9.62 Å². The van der Waals surface area contributed by atoms with Crippen molar-refractivity contribution in [3.63, 3.8) is 0 Å². The van der Waals surface area contributed by atoms with Crippen LogP contribution in [0.25, 0.3) is 0 Å². The van der Waals surface area contributed by atoms with Crippen LogP contribution in [0.5, 0.6) is 0 Å². The average Bonchev–Trinajstić information content (AvgIpc) is 2.78. The zero-order chi connectivity index (χ0) is 15.7. The first-order valence-corrected chi connectivity index (χ1v) is 8.97. The summed E-state index contributed by atoms with van der Waals surface area (Å²) < 4.78 is 27.0. The first kappa shape index (κ1) is 16.5. The van der Waals surface area contributed by atoms with Crippen molar-refractivity contribution in [2.45, 2.75) is 51.6 Å². The van der Waals surface area contributed by atoms with E-state index in [0.717, 1.165) is 12.0 Å². The van der Waals surface area contributed by atoms with Gasteiger partial charge in [0.05, 0.1) is 4.90 Å². The number of sulfonamides is 1. The Balaban J connectivity index is 2.19. The molecule has 0 atom stereocenters. The van der Waals surface area contributed by atoms with Crippen LogP contribution in [0.1, 0.15) is 39.7 Å². The van der Waals surface area contributed by atoms with Crippen molar-refractivity contribution in [3.05, 3.63) is 29.8 Å². The van der Waals surface area contributed by atoms with E-state index in [0.29, 0.717) is 30.6 Å². The van der Waals surface area contributed by atoms with Gasteiger partial charge in [0.25, 0.3) is 0 Å². The molecule has 0 radical (unpaired) electrons. The molecule has 0 saturated carbocycles. The SMILES string of the molecule is CC(C)NCc1cccc(S(=O)(=O)N2CCC(C)(C)C2)c1. The molecule has 0 aliphatic carbocycles. The molecule has 0 amide bonds. The molecule has 1 N–H and O–H groups in total. The largest absolute Gasteiger partial charge is 0.310 e. The van der Waals surface area contributed by atoms with Crippen LogP contribution in [0.15, 0.2) is 29.2 Å². The highest BCUT2D eigenvalue weighted by Gasteiger charge is 2.36. The minimum atomic E-state index is -3.37. The van der Waals surface area contributed by atoms with E-state index in [9.17, 15) is 8.42 Å². The molecular weight excluding hydrogens is 284 g/mol. The van der Waals surface area contributed by atoms with Crippen LogP contribution in [-0.2, 0) is 16.6 Å². The molecule has 0 bridgehead atoms. The lowest BCUT2D eigenvalue weighted by molar-refractivity contribution is 0.375. The predicted octanol–water partition coefficient (Wildman–Crippen LogP) is 2.61. The maximum Gasteiger partial charge on any atom is 0.243 e. The molecule has 5 heteroatoms. The van der Waals surface area contributed by atoms with E-state index in [1.54, 1.807) is 16.4 Å². The Bertz CT molecular complexity index is 594. The molecular formula is C16H26N2O2S. The van der Waals surface area contributed by atoms with E-state index in [4.69, 9.17) is 0 Å². The number of hydrogen-bond acceptors (Lipinski definition) is 3. The summed E-state index contributed by atoms with van der Waals surface area (Å²) in [6.07, 6.45) is 0.917. The fraction of sp³-hybridized carbons (Fsp3) is 0.625. The summed E-state index contributed by atoms with van der Waals surface area (Å²) in [7, 11) is -3.37. The van der Waals surface area contributed by atoms with Crippen molar-refractivity contribution in [1.29, 1.82) is 0 Å². The summed E-state index contributed by atoms with van der Waals surface area (Å²) in [5, 5.41) is 3.31. The van der Waals surface area contributed by atoms with Gasteiger partial charge in [-0.1, -0.05) is 39.8 Å². The first-order valence-electron chi connectivity index (χ1n) is 7.53. The van der Waals surface area contributed by atoms with Gasteiger partial charge in [-0.05, 0) is 29.5 Å². The minimum absolute atomic E-state index is 0.0733. The van der Waals surface area contributed by atoms with E-state index < -0.39 is 10.0 Å². The number of benzene rings is 1. The fourth-order valence-electron chi connectivity index (χ4n) is 2.55. The summed E-state index contributed by atoms with van der Waals surface area (Å²) in [4.78, 5) is 0.406. The highest BCUT2D eigenvalue weighted by Crippen LogP contribution is 2.32. The summed E-state index contributed by atoms with van der Waals surface area (Å²) >= 11 is 0. The van der Waals surface area contributed by atoms with Gasteiger partial charge in [0.2, 0.25) is 10.0 Å². The Labute approximate surface area is 128 Å². The lowest BCUT2D eigenvalue weighted by Gasteiger charge is -2.20. The lowest BCUT2D eigenvalue weighted by atomic mass is 9.93. The second kappa shape index (κ2) is 6.07. The van der Waals surface area contributed by atoms with Gasteiger partial charge >= 0.3 is 0 Å². The van der Waals surface area contributed by atoms with Gasteiger partial charge in [-0.3, -0.25) is 0 Å². The zero-order valence-electron chi connectivity index (χ0n) is 13.4. The summed E-state index contributed by atoms with van der Waals surface area (Å²) in [6, 6.07) is 7.65. The average molecular weight is 310 g/mol. The second-order valence-corrected chi connectivity index (χ2v) is 8.87. The highest BCUT2D eigenvalue weighted by molar-refractivity contribution is 7.89. The molecule has 1 saturated heterocycles. The molecule has 1 fully saturated rings. The van der Waals surface area contributed by atoms with Gasteiger partial charge in [0.15, 0.2) is 0 Å². The lowest BCUT2D eigenvalue weighted by Crippen LogP contribution is -2.30. The minimum Gasteiger partial charge on any atom is -0.310 e. The topological polar surface area (TPSA) is 49.4 Å². The van der Waals surface area contributed by atoms with Gasteiger partial charge in [0, 0.05) is 25.7 Å². The van der Waals surface area contributed by atoms with Gasteiger partial charge in [0.1, 0.15) is 0 Å². The van der Waals surface area contributed by atoms with E-state index in [2.05, 4.69) is 33.0 Å². The molecule has 0 unspecified atom stereocenters. The Morgan fingerprint density at radius 1 is 1.33 bits per heavy atom. The molecule has 0 spiro atoms. The van der Waals surface area contributed by atoms with Crippen LogP contribution in [0, 0.1) is 5.41 Å². The molecule has 4 nitrogen and oxygen atoms in total. The smallest absolute Gasteiger partial charge is 0.243 e. The Hall–Kier alpha value is -0.910. The fourth-order valence-corrected chi connectivity index (χ4v) is 4.26. The quantitative estimate of drug-likeness (QED) is 0.909. The third kappa shape index (κ3) is 4.05. The van der Waals surface area contributed by atoms with Crippen molar-refractivity contribution < 1.29 is 8.42 Å². The standard InChI is InChI=1S/C16H26N2O2S/c1-13(2)17-11-14-6-5-7-15(10-14)21(19,20)18-9-8-16(3,4)12-18/h5-7,10,13,17H,8-9,11-12H2,1-4H3. The highest BCUT2D eigenvalue weighted by atomic mass is 32.2. The van der Waals surface area contributed by atoms with Gasteiger partial charge < -0.3 is 5.32 Å². The monoisotopic (exact) mass is 310 g/mol. The molecule has 0 aromatic heterocycles. The van der Waals surface area contributed by atoms with Crippen LogP contribution < -0.4 is 5.32 Å². The van der Waals surface area contributed by atoms with Gasteiger partial charge in [-0.25, -0.2) is 8.42 Å². The number of rotatable bonds is 5. The maximum atomic E-state index is 12.7. The van der Waals surface area contributed by atoms with Gasteiger partial charge in [-0.15, -0.1) is 0 Å². The van der Waals surface area contributed by atoms with E-state index >= 15 is 0 Å². The van der Waals surface area contributed by atoms with Crippen molar-refractivity contribution in [2.75, 3.05) is 13.1 Å². The summed E-state index contributed by atoms with van der Waals surface area (Å²) in [6.45, 7) is 10.3. The Morgan fingerprint density at radius 2 is 2.05 bits per heavy atom. The van der Waals surface area contributed by atoms with Gasteiger partial charge in [-0.2, -0.15) is 4.31 Å². The van der Waals surface area contributed by atoms with Crippen molar-refractivity contribution in [3.8, 4) is 0 Å². The molecule has 2 rings (SSSR count). The van der Waals surface area contributed by atoms with Crippen LogP contribution >= 0.6 is 0 Å². The molecule has 1 heterocycles. The number of hydrogen-bond donors (Lipinski definition) is 1. The van der Waals surface area contributed by atoms with E-state index in [-0.39, 0.29) is 5.41 Å². The maximum absolute atomic E-state index is 12.7. The second-order valence-electron chi connectivity index (χ2n) is 6.94. The van der Waals surface area contributed by atoms with Crippen LogP contribution in [-0.4, -0.2) is 31.9 Å². The number of nitrogens with zero attached hydrogens (tertiary/aromatic N) is 1. The van der Waals surface area contributed by atoms with Crippen molar-refractivity contribution in [2.24, 2.45) is 5.41 Å².